The van der Waals surface area contributed by atoms with Gasteiger partial charge in [-0.1, -0.05) is 78.2 Å². The molecule has 34 heavy (non-hydrogen) atoms. The van der Waals surface area contributed by atoms with Gasteiger partial charge in [0.1, 0.15) is 12.7 Å². The van der Waals surface area contributed by atoms with E-state index < -0.39 is 6.16 Å². The van der Waals surface area contributed by atoms with E-state index in [-0.39, 0.29) is 18.1 Å². The molecule has 0 bridgehead atoms. The average Bonchev–Trinajstić information content (AvgIpc) is 3.15. The lowest BCUT2D eigenvalue weighted by Gasteiger charge is -2.58. The summed E-state index contributed by atoms with van der Waals surface area (Å²) in [5, 5.41) is 0. The van der Waals surface area contributed by atoms with Gasteiger partial charge in [0.15, 0.2) is 0 Å². The molecule has 0 saturated heterocycles. The molecule has 4 aliphatic rings. The van der Waals surface area contributed by atoms with Crippen molar-refractivity contribution in [2.75, 3.05) is 6.61 Å². The Kier molecular flexibility index (Phi) is 7.89. The maximum Gasteiger partial charge on any atom is 0.508 e. The number of hydrogen-bond acceptors (Lipinski definition) is 3. The summed E-state index contributed by atoms with van der Waals surface area (Å²) in [6.07, 6.45) is 17.7. The molecule has 0 aromatic carbocycles. The van der Waals surface area contributed by atoms with Crippen LogP contribution in [0.3, 0.4) is 0 Å². The van der Waals surface area contributed by atoms with Crippen molar-refractivity contribution in [3.8, 4) is 0 Å². The van der Waals surface area contributed by atoms with E-state index >= 15 is 0 Å². The molecule has 3 nitrogen and oxygen atoms in total. The number of allylic oxidation sites excluding steroid dienone is 1. The van der Waals surface area contributed by atoms with Gasteiger partial charge in [-0.15, -0.1) is 0 Å². The first kappa shape index (κ1) is 25.8. The van der Waals surface area contributed by atoms with E-state index in [0.717, 1.165) is 54.8 Å². The van der Waals surface area contributed by atoms with Crippen molar-refractivity contribution in [3.05, 3.63) is 24.3 Å². The van der Waals surface area contributed by atoms with Crippen LogP contribution in [0.5, 0.6) is 0 Å². The van der Waals surface area contributed by atoms with Crippen molar-refractivity contribution in [3.63, 3.8) is 0 Å². The van der Waals surface area contributed by atoms with Crippen molar-refractivity contribution in [1.29, 1.82) is 0 Å². The van der Waals surface area contributed by atoms with Crippen LogP contribution in [0.25, 0.3) is 0 Å². The van der Waals surface area contributed by atoms with Gasteiger partial charge >= 0.3 is 6.16 Å². The average molecular weight is 471 g/mol. The maximum atomic E-state index is 12.0. The number of rotatable bonds is 8. The Morgan fingerprint density at radius 3 is 2.65 bits per heavy atom. The molecule has 4 rings (SSSR count). The van der Waals surface area contributed by atoms with Crippen LogP contribution in [0.1, 0.15) is 105 Å². The quantitative estimate of drug-likeness (QED) is 0.263. The summed E-state index contributed by atoms with van der Waals surface area (Å²) in [6.45, 7) is 16.3. The predicted molar refractivity (Wildman–Crippen MR) is 139 cm³/mol. The van der Waals surface area contributed by atoms with Crippen LogP contribution in [0, 0.1) is 46.3 Å². The fourth-order valence-corrected chi connectivity index (χ4v) is 9.05. The Balaban J connectivity index is 1.42. The summed E-state index contributed by atoms with van der Waals surface area (Å²) in [4.78, 5) is 12.0. The Bertz CT molecular complexity index is 769. The third-order valence-corrected chi connectivity index (χ3v) is 10.8. The molecule has 0 amide bonds. The van der Waals surface area contributed by atoms with Gasteiger partial charge < -0.3 is 9.47 Å². The molecule has 0 aromatic rings. The van der Waals surface area contributed by atoms with Gasteiger partial charge in [0, 0.05) is 6.42 Å². The second-order valence-corrected chi connectivity index (χ2v) is 13.1. The van der Waals surface area contributed by atoms with Gasteiger partial charge in [0.25, 0.3) is 0 Å². The molecule has 1 unspecified atom stereocenters. The summed E-state index contributed by atoms with van der Waals surface area (Å²) in [6, 6.07) is 0. The molecule has 3 saturated carbocycles. The minimum Gasteiger partial charge on any atom is -0.431 e. The standard InChI is InChI=1S/C31H50O3/c1-7-19-33-29(32)34-24-15-17-30(5)23(20-24)11-12-25-27-14-13-26(22(4)10-8-9-21(2)3)31(27,6)18-16-28(25)30/h7,11,21-22,24-28H,1,8-10,12-20H2,2-6H3/t22-,24?,25+,26-,27+,28+,30+,31-/m1/s1. The first-order chi connectivity index (χ1) is 16.2. The second-order valence-electron chi connectivity index (χ2n) is 13.1. The lowest BCUT2D eigenvalue weighted by atomic mass is 9.47. The molecule has 0 heterocycles. The van der Waals surface area contributed by atoms with Crippen LogP contribution < -0.4 is 0 Å². The maximum absolute atomic E-state index is 12.0. The number of fused-ring (bicyclic) bond motifs is 5. The Labute approximate surface area is 209 Å². The van der Waals surface area contributed by atoms with Crippen molar-refractivity contribution >= 4 is 6.16 Å². The fraction of sp³-hybridized carbons (Fsp3) is 0.839. The molecule has 0 aromatic heterocycles. The van der Waals surface area contributed by atoms with Gasteiger partial charge in [0.05, 0.1) is 0 Å². The van der Waals surface area contributed by atoms with Crippen LogP contribution in [0.15, 0.2) is 24.3 Å². The molecule has 3 heteroatoms. The first-order valence-electron chi connectivity index (χ1n) is 14.3. The molecule has 4 aliphatic carbocycles. The van der Waals surface area contributed by atoms with E-state index in [9.17, 15) is 4.79 Å². The largest absolute Gasteiger partial charge is 0.508 e. The van der Waals surface area contributed by atoms with E-state index in [1.807, 2.05) is 0 Å². The zero-order valence-corrected chi connectivity index (χ0v) is 22.6. The summed E-state index contributed by atoms with van der Waals surface area (Å²) in [5.41, 5.74) is 2.38. The molecule has 8 atom stereocenters. The smallest absolute Gasteiger partial charge is 0.431 e. The Morgan fingerprint density at radius 2 is 1.91 bits per heavy atom. The highest BCUT2D eigenvalue weighted by Crippen LogP contribution is 2.67. The highest BCUT2D eigenvalue weighted by molar-refractivity contribution is 5.60. The topological polar surface area (TPSA) is 35.5 Å². The van der Waals surface area contributed by atoms with Crippen LogP contribution in [-0.2, 0) is 9.47 Å². The molecule has 0 radical (unpaired) electrons. The monoisotopic (exact) mass is 470 g/mol. The van der Waals surface area contributed by atoms with E-state index in [1.54, 1.807) is 11.6 Å². The Hall–Kier alpha value is -1.25. The molecule has 3 fully saturated rings. The van der Waals surface area contributed by atoms with Crippen molar-refractivity contribution in [2.45, 2.75) is 111 Å². The lowest BCUT2D eigenvalue weighted by molar-refractivity contribution is -0.0613. The molecule has 0 spiro atoms. The normalized spacial score (nSPS) is 39.9. The first-order valence-corrected chi connectivity index (χ1v) is 14.3. The summed E-state index contributed by atoms with van der Waals surface area (Å²) < 4.78 is 10.7. The van der Waals surface area contributed by atoms with Crippen LogP contribution in [0.2, 0.25) is 0 Å². The molecule has 0 N–H and O–H groups in total. The van der Waals surface area contributed by atoms with Crippen LogP contribution in [-0.4, -0.2) is 18.9 Å². The van der Waals surface area contributed by atoms with Gasteiger partial charge in [0.2, 0.25) is 0 Å². The van der Waals surface area contributed by atoms with Crippen molar-refractivity contribution in [1.82, 2.24) is 0 Å². The van der Waals surface area contributed by atoms with E-state index in [1.165, 1.54) is 51.4 Å². The van der Waals surface area contributed by atoms with Gasteiger partial charge in [-0.25, -0.2) is 4.79 Å². The summed E-state index contributed by atoms with van der Waals surface area (Å²) in [5.74, 6) is 5.14. The van der Waals surface area contributed by atoms with Crippen LogP contribution >= 0.6 is 0 Å². The van der Waals surface area contributed by atoms with Gasteiger partial charge in [-0.05, 0) is 91.3 Å². The minimum atomic E-state index is -0.546. The van der Waals surface area contributed by atoms with Crippen molar-refractivity contribution < 1.29 is 14.3 Å². The molecule has 0 aliphatic heterocycles. The number of carbonyl (C=O) groups excluding carboxylic acids is 1. The SMILES string of the molecule is C=CCOC(=O)OC1CC[C@@]2(C)C(=CC[C@H]3[C@@H]4CC[C@H]([C@H](C)CCCC(C)C)[C@@]4(C)CC[C@@H]32)C1. The molecular weight excluding hydrogens is 420 g/mol. The zero-order valence-electron chi connectivity index (χ0n) is 22.6. The fourth-order valence-electron chi connectivity index (χ4n) is 9.05. The van der Waals surface area contributed by atoms with Gasteiger partial charge in [-0.2, -0.15) is 0 Å². The van der Waals surface area contributed by atoms with Crippen LogP contribution in [0.4, 0.5) is 4.79 Å². The van der Waals surface area contributed by atoms with E-state index in [2.05, 4.69) is 47.3 Å². The van der Waals surface area contributed by atoms with Gasteiger partial charge in [-0.3, -0.25) is 0 Å². The summed E-state index contributed by atoms with van der Waals surface area (Å²) >= 11 is 0. The Morgan fingerprint density at radius 1 is 1.12 bits per heavy atom. The highest BCUT2D eigenvalue weighted by Gasteiger charge is 2.59. The lowest BCUT2D eigenvalue weighted by Crippen LogP contribution is -2.51. The van der Waals surface area contributed by atoms with E-state index in [4.69, 9.17) is 9.47 Å². The zero-order chi connectivity index (χ0) is 24.5. The number of carbonyl (C=O) groups is 1. The van der Waals surface area contributed by atoms with Crippen molar-refractivity contribution in [2.24, 2.45) is 46.3 Å². The third kappa shape index (κ3) is 4.87. The highest BCUT2D eigenvalue weighted by atomic mass is 16.7. The molecule has 192 valence electrons. The second kappa shape index (κ2) is 10.4. The van der Waals surface area contributed by atoms with E-state index in [0.29, 0.717) is 5.41 Å². The summed E-state index contributed by atoms with van der Waals surface area (Å²) in [7, 11) is 0. The number of ether oxygens (including phenoxy) is 2. The number of hydrogen-bond donors (Lipinski definition) is 0. The minimum absolute atomic E-state index is 0.0374. The molecular formula is C31H50O3. The third-order valence-electron chi connectivity index (χ3n) is 10.8. The predicted octanol–water partition coefficient (Wildman–Crippen LogP) is 8.74.